The van der Waals surface area contributed by atoms with Gasteiger partial charge in [-0.15, -0.1) is 11.3 Å². The van der Waals surface area contributed by atoms with E-state index in [1.165, 1.54) is 4.88 Å². The highest BCUT2D eigenvalue weighted by molar-refractivity contribution is 7.14. The Morgan fingerprint density at radius 3 is 2.84 bits per heavy atom. The Labute approximate surface area is 151 Å². The summed E-state index contributed by atoms with van der Waals surface area (Å²) in [5.41, 5.74) is 1.91. The lowest BCUT2D eigenvalue weighted by atomic mass is 10.1. The summed E-state index contributed by atoms with van der Waals surface area (Å²) in [6.07, 6.45) is 2.82. The predicted octanol–water partition coefficient (Wildman–Crippen LogP) is 2.64. The molecule has 0 aliphatic carbocycles. The van der Waals surface area contributed by atoms with Gasteiger partial charge in [-0.3, -0.25) is 9.59 Å². The Kier molecular flexibility index (Phi) is 4.55. The molecule has 0 saturated carbocycles. The van der Waals surface area contributed by atoms with Gasteiger partial charge in [0.15, 0.2) is 0 Å². The average molecular weight is 355 g/mol. The number of hydrogen-bond donors (Lipinski definition) is 2. The van der Waals surface area contributed by atoms with Crippen molar-refractivity contribution in [3.05, 3.63) is 51.7 Å². The Morgan fingerprint density at radius 1 is 1.24 bits per heavy atom. The maximum absolute atomic E-state index is 12.6. The lowest BCUT2D eigenvalue weighted by Gasteiger charge is -2.29. The zero-order chi connectivity index (χ0) is 17.2. The second kappa shape index (κ2) is 6.98. The average Bonchev–Trinajstić information content (AvgIpc) is 3.31. The molecule has 2 amide bonds. The molecule has 130 valence electrons. The molecular formula is C19H21N3O2S. The first kappa shape index (κ1) is 16.3. The van der Waals surface area contributed by atoms with Crippen molar-refractivity contribution >= 4 is 28.8 Å². The van der Waals surface area contributed by atoms with Gasteiger partial charge >= 0.3 is 0 Å². The van der Waals surface area contributed by atoms with E-state index in [9.17, 15) is 9.59 Å². The van der Waals surface area contributed by atoms with Crippen LogP contribution in [0, 0.1) is 0 Å². The number of amides is 2. The van der Waals surface area contributed by atoms with E-state index in [-0.39, 0.29) is 17.9 Å². The molecule has 25 heavy (non-hydrogen) atoms. The van der Waals surface area contributed by atoms with Crippen LogP contribution in [0.5, 0.6) is 0 Å². The van der Waals surface area contributed by atoms with E-state index in [0.29, 0.717) is 11.4 Å². The molecule has 1 saturated heterocycles. The maximum Gasteiger partial charge on any atom is 0.265 e. The molecule has 1 fully saturated rings. The highest BCUT2D eigenvalue weighted by atomic mass is 32.1. The summed E-state index contributed by atoms with van der Waals surface area (Å²) in [4.78, 5) is 28.9. The molecule has 1 atom stereocenters. The van der Waals surface area contributed by atoms with Gasteiger partial charge in [-0.25, -0.2) is 0 Å². The molecule has 0 radical (unpaired) electrons. The largest absolute Gasteiger partial charge is 0.337 e. The van der Waals surface area contributed by atoms with E-state index in [0.717, 1.165) is 43.6 Å². The Hall–Kier alpha value is -2.18. The SMILES string of the molecule is O=C(Nc1ccccc1)c1cc2c(s1)CCN(C(=O)[C@H]1CCCN1)C2. The molecule has 1 aromatic carbocycles. The fourth-order valence-corrected chi connectivity index (χ4v) is 4.52. The summed E-state index contributed by atoms with van der Waals surface area (Å²) in [5, 5.41) is 6.20. The summed E-state index contributed by atoms with van der Waals surface area (Å²) in [6.45, 7) is 2.28. The van der Waals surface area contributed by atoms with Gasteiger partial charge in [0.05, 0.1) is 10.9 Å². The van der Waals surface area contributed by atoms with Gasteiger partial charge in [0.25, 0.3) is 5.91 Å². The Balaban J connectivity index is 1.45. The van der Waals surface area contributed by atoms with Crippen molar-refractivity contribution in [3.63, 3.8) is 0 Å². The van der Waals surface area contributed by atoms with Gasteiger partial charge in [-0.2, -0.15) is 0 Å². The van der Waals surface area contributed by atoms with Gasteiger partial charge in [0.1, 0.15) is 0 Å². The highest BCUT2D eigenvalue weighted by Crippen LogP contribution is 2.29. The summed E-state index contributed by atoms with van der Waals surface area (Å²) in [7, 11) is 0. The quantitative estimate of drug-likeness (QED) is 0.890. The molecule has 2 aliphatic heterocycles. The maximum atomic E-state index is 12.6. The number of nitrogens with zero attached hydrogens (tertiary/aromatic N) is 1. The van der Waals surface area contributed by atoms with E-state index in [4.69, 9.17) is 0 Å². The summed E-state index contributed by atoms with van der Waals surface area (Å²) < 4.78 is 0. The van der Waals surface area contributed by atoms with E-state index in [2.05, 4.69) is 10.6 Å². The normalized spacial score (nSPS) is 19.5. The molecule has 0 spiro atoms. The summed E-state index contributed by atoms with van der Waals surface area (Å²) >= 11 is 1.54. The zero-order valence-electron chi connectivity index (χ0n) is 14.0. The van der Waals surface area contributed by atoms with Crippen molar-refractivity contribution < 1.29 is 9.59 Å². The van der Waals surface area contributed by atoms with Crippen LogP contribution >= 0.6 is 11.3 Å². The van der Waals surface area contributed by atoms with Crippen LogP contribution in [0.2, 0.25) is 0 Å². The third-order valence-corrected chi connectivity index (χ3v) is 6.03. The minimum atomic E-state index is -0.0825. The molecule has 6 heteroatoms. The first-order valence-electron chi connectivity index (χ1n) is 8.71. The first-order valence-corrected chi connectivity index (χ1v) is 9.52. The molecule has 0 unspecified atom stereocenters. The Morgan fingerprint density at radius 2 is 2.08 bits per heavy atom. The van der Waals surface area contributed by atoms with E-state index >= 15 is 0 Å². The highest BCUT2D eigenvalue weighted by Gasteiger charge is 2.30. The lowest BCUT2D eigenvalue weighted by Crippen LogP contribution is -2.45. The number of carbonyl (C=O) groups is 2. The number of benzene rings is 1. The van der Waals surface area contributed by atoms with Crippen molar-refractivity contribution in [1.82, 2.24) is 10.2 Å². The van der Waals surface area contributed by atoms with Gasteiger partial charge in [-0.05, 0) is 49.6 Å². The molecule has 1 aromatic heterocycles. The Bertz CT molecular complexity index is 781. The summed E-state index contributed by atoms with van der Waals surface area (Å²) in [5.74, 6) is 0.116. The number of carbonyl (C=O) groups excluding carboxylic acids is 2. The van der Waals surface area contributed by atoms with Crippen LogP contribution in [0.15, 0.2) is 36.4 Å². The number of para-hydroxylation sites is 1. The molecule has 3 heterocycles. The predicted molar refractivity (Wildman–Crippen MR) is 98.9 cm³/mol. The minimum absolute atomic E-state index is 0.0268. The number of fused-ring (bicyclic) bond motifs is 1. The smallest absolute Gasteiger partial charge is 0.265 e. The molecular weight excluding hydrogens is 334 g/mol. The second-order valence-electron chi connectivity index (χ2n) is 6.54. The van der Waals surface area contributed by atoms with Gasteiger partial charge in [0, 0.05) is 23.7 Å². The molecule has 2 aliphatic rings. The molecule has 2 N–H and O–H groups in total. The third kappa shape index (κ3) is 3.45. The minimum Gasteiger partial charge on any atom is -0.337 e. The van der Waals surface area contributed by atoms with Crippen LogP contribution in [-0.2, 0) is 17.8 Å². The lowest BCUT2D eigenvalue weighted by molar-refractivity contribution is -0.134. The number of rotatable bonds is 3. The first-order chi connectivity index (χ1) is 12.2. The van der Waals surface area contributed by atoms with Crippen molar-refractivity contribution in [1.29, 1.82) is 0 Å². The molecule has 4 rings (SSSR count). The fourth-order valence-electron chi connectivity index (χ4n) is 3.46. The van der Waals surface area contributed by atoms with Gasteiger partial charge in [-0.1, -0.05) is 18.2 Å². The van der Waals surface area contributed by atoms with Crippen LogP contribution in [0.25, 0.3) is 0 Å². The topological polar surface area (TPSA) is 61.4 Å². The number of thiophene rings is 1. The van der Waals surface area contributed by atoms with Gasteiger partial charge in [0.2, 0.25) is 5.91 Å². The molecule has 2 aromatic rings. The van der Waals surface area contributed by atoms with Gasteiger partial charge < -0.3 is 15.5 Å². The molecule has 5 nitrogen and oxygen atoms in total. The number of hydrogen-bond acceptors (Lipinski definition) is 4. The second-order valence-corrected chi connectivity index (χ2v) is 7.67. The van der Waals surface area contributed by atoms with E-state index in [1.54, 1.807) is 11.3 Å². The van der Waals surface area contributed by atoms with Crippen molar-refractivity contribution in [2.45, 2.75) is 31.8 Å². The van der Waals surface area contributed by atoms with Crippen LogP contribution in [-0.4, -0.2) is 35.8 Å². The molecule has 0 bridgehead atoms. The standard InChI is InChI=1S/C19H21N3O2S/c23-18(21-14-5-2-1-3-6-14)17-11-13-12-22(10-8-16(13)25-17)19(24)15-7-4-9-20-15/h1-3,5-6,11,15,20H,4,7-10,12H2,(H,21,23)/t15-/m1/s1. The van der Waals surface area contributed by atoms with Crippen LogP contribution in [0.3, 0.4) is 0 Å². The summed E-state index contributed by atoms with van der Waals surface area (Å²) in [6, 6.07) is 11.4. The number of nitrogens with one attached hydrogen (secondary N) is 2. The van der Waals surface area contributed by atoms with Crippen molar-refractivity contribution in [3.8, 4) is 0 Å². The number of anilines is 1. The van der Waals surface area contributed by atoms with E-state index in [1.807, 2.05) is 41.3 Å². The van der Waals surface area contributed by atoms with Crippen molar-refractivity contribution in [2.75, 3.05) is 18.4 Å². The van der Waals surface area contributed by atoms with Crippen LogP contribution in [0.4, 0.5) is 5.69 Å². The van der Waals surface area contributed by atoms with Crippen molar-refractivity contribution in [2.24, 2.45) is 0 Å². The zero-order valence-corrected chi connectivity index (χ0v) is 14.8. The monoisotopic (exact) mass is 355 g/mol. The van der Waals surface area contributed by atoms with E-state index < -0.39 is 0 Å². The fraction of sp³-hybridized carbons (Fsp3) is 0.368. The van der Waals surface area contributed by atoms with Crippen LogP contribution in [0.1, 0.15) is 33.0 Å². The third-order valence-electron chi connectivity index (χ3n) is 4.79. The van der Waals surface area contributed by atoms with Crippen LogP contribution < -0.4 is 10.6 Å².